The highest BCUT2D eigenvalue weighted by molar-refractivity contribution is 7.92. The largest absolute Gasteiger partial charge is 0.392 e. The number of hydrogen-bond donors (Lipinski definition) is 3. The first kappa shape index (κ1) is 12.3. The minimum absolute atomic E-state index is 0.110. The molecule has 0 aromatic rings. The fourth-order valence-electron chi connectivity index (χ4n) is 1.39. The van der Waals surface area contributed by atoms with E-state index in [1.165, 1.54) is 6.92 Å². The maximum absolute atomic E-state index is 11.3. The topological polar surface area (TPSA) is 95.5 Å². The molecule has 2 atom stereocenters. The molecule has 0 aromatic carbocycles. The third-order valence-corrected chi connectivity index (χ3v) is 4.26. The van der Waals surface area contributed by atoms with E-state index >= 15 is 0 Å². The Balaban J connectivity index is 2.38. The first-order valence-electron chi connectivity index (χ1n) is 4.86. The van der Waals surface area contributed by atoms with E-state index in [4.69, 9.17) is 5.11 Å². The van der Waals surface area contributed by atoms with Crippen molar-refractivity contribution in [2.45, 2.75) is 31.2 Å². The van der Waals surface area contributed by atoms with Crippen LogP contribution in [0.1, 0.15) is 19.8 Å². The van der Waals surface area contributed by atoms with Gasteiger partial charge in [0.25, 0.3) is 0 Å². The Bertz CT molecular complexity index is 326. The Labute approximate surface area is 89.0 Å². The van der Waals surface area contributed by atoms with E-state index < -0.39 is 27.3 Å². The quantitative estimate of drug-likeness (QED) is 0.598. The monoisotopic (exact) mass is 236 g/mol. The molecule has 0 bridgehead atoms. The average Bonchev–Trinajstić information content (AvgIpc) is 2.43. The molecule has 0 saturated carbocycles. The molecule has 6 nitrogen and oxygen atoms in total. The number of urea groups is 1. The Kier molecular flexibility index (Phi) is 3.92. The van der Waals surface area contributed by atoms with E-state index in [1.807, 2.05) is 0 Å². The fraction of sp³-hybridized carbons (Fsp3) is 0.875. The van der Waals surface area contributed by atoms with Crippen LogP contribution in [-0.2, 0) is 9.84 Å². The molecule has 0 radical (unpaired) electrons. The molecule has 1 aliphatic rings. The minimum atomic E-state index is -3.16. The van der Waals surface area contributed by atoms with Gasteiger partial charge in [-0.3, -0.25) is 0 Å². The molecule has 0 aromatic heterocycles. The summed E-state index contributed by atoms with van der Waals surface area (Å²) in [5, 5.41) is 12.9. The summed E-state index contributed by atoms with van der Waals surface area (Å²) < 4.78 is 22.7. The first-order valence-corrected chi connectivity index (χ1v) is 6.57. The molecular weight excluding hydrogens is 220 g/mol. The zero-order valence-electron chi connectivity index (χ0n) is 8.56. The van der Waals surface area contributed by atoms with Crippen LogP contribution in [0.15, 0.2) is 0 Å². The van der Waals surface area contributed by atoms with Gasteiger partial charge in [0.1, 0.15) is 5.37 Å². The summed E-state index contributed by atoms with van der Waals surface area (Å²) >= 11 is 0. The predicted octanol–water partition coefficient (Wildman–Crippen LogP) is -0.799. The van der Waals surface area contributed by atoms with Crippen LogP contribution in [0.25, 0.3) is 0 Å². The highest BCUT2D eigenvalue weighted by Gasteiger charge is 2.32. The van der Waals surface area contributed by atoms with Crippen molar-refractivity contribution < 1.29 is 18.3 Å². The molecule has 15 heavy (non-hydrogen) atoms. The van der Waals surface area contributed by atoms with E-state index in [0.717, 1.165) is 0 Å². The molecule has 0 spiro atoms. The van der Waals surface area contributed by atoms with Gasteiger partial charge in [-0.25, -0.2) is 13.2 Å². The third-order valence-electron chi connectivity index (χ3n) is 2.18. The Morgan fingerprint density at radius 3 is 2.73 bits per heavy atom. The molecule has 1 saturated heterocycles. The molecule has 3 N–H and O–H groups in total. The van der Waals surface area contributed by atoms with E-state index in [-0.39, 0.29) is 12.3 Å². The molecule has 1 fully saturated rings. The maximum atomic E-state index is 11.3. The lowest BCUT2D eigenvalue weighted by Gasteiger charge is -2.13. The van der Waals surface area contributed by atoms with Crippen molar-refractivity contribution in [2.24, 2.45) is 0 Å². The second kappa shape index (κ2) is 4.80. The van der Waals surface area contributed by atoms with Gasteiger partial charge in [-0.05, 0) is 19.8 Å². The lowest BCUT2D eigenvalue weighted by atomic mass is 10.3. The molecule has 0 aliphatic carbocycles. The summed E-state index contributed by atoms with van der Waals surface area (Å²) in [7, 11) is -3.16. The molecule has 2 amide bonds. The van der Waals surface area contributed by atoms with E-state index in [1.54, 1.807) is 0 Å². The fourth-order valence-corrected chi connectivity index (χ4v) is 3.06. The number of aliphatic hydroxyl groups is 1. The van der Waals surface area contributed by atoms with Crippen LogP contribution < -0.4 is 10.6 Å². The zero-order chi connectivity index (χ0) is 11.5. The highest BCUT2D eigenvalue weighted by atomic mass is 32.2. The Morgan fingerprint density at radius 1 is 1.60 bits per heavy atom. The number of aliphatic hydroxyl groups excluding tert-OH is 1. The molecular formula is C8H16N2O4S. The number of rotatable bonds is 3. The Morgan fingerprint density at radius 2 is 2.27 bits per heavy atom. The van der Waals surface area contributed by atoms with Crippen molar-refractivity contribution in [3.63, 3.8) is 0 Å². The maximum Gasteiger partial charge on any atom is 0.315 e. The first-order chi connectivity index (χ1) is 6.92. The van der Waals surface area contributed by atoms with E-state index in [9.17, 15) is 13.2 Å². The lowest BCUT2D eigenvalue weighted by molar-refractivity contribution is 0.187. The summed E-state index contributed by atoms with van der Waals surface area (Å²) in [5.74, 6) is 0.133. The van der Waals surface area contributed by atoms with Crippen molar-refractivity contribution in [1.82, 2.24) is 10.6 Å². The summed E-state index contributed by atoms with van der Waals surface area (Å²) in [6.07, 6.45) is 0.407. The van der Waals surface area contributed by atoms with Gasteiger partial charge in [0.15, 0.2) is 9.84 Å². The normalized spacial score (nSPS) is 25.9. The number of carbonyl (C=O) groups is 1. The predicted molar refractivity (Wildman–Crippen MR) is 55.0 cm³/mol. The van der Waals surface area contributed by atoms with E-state index in [0.29, 0.717) is 12.8 Å². The van der Waals surface area contributed by atoms with Crippen molar-refractivity contribution in [1.29, 1.82) is 0 Å². The summed E-state index contributed by atoms with van der Waals surface area (Å²) in [6.45, 7) is 1.64. The number of amides is 2. The van der Waals surface area contributed by atoms with Gasteiger partial charge in [0, 0.05) is 6.54 Å². The van der Waals surface area contributed by atoms with Crippen LogP contribution in [0.4, 0.5) is 4.79 Å². The van der Waals surface area contributed by atoms with Crippen molar-refractivity contribution in [2.75, 3.05) is 12.3 Å². The van der Waals surface area contributed by atoms with E-state index in [2.05, 4.69) is 10.6 Å². The second-order valence-electron chi connectivity index (χ2n) is 3.70. The van der Waals surface area contributed by atoms with Crippen LogP contribution in [0, 0.1) is 0 Å². The van der Waals surface area contributed by atoms with Gasteiger partial charge < -0.3 is 15.7 Å². The highest BCUT2D eigenvalue weighted by Crippen LogP contribution is 2.17. The van der Waals surface area contributed by atoms with Gasteiger partial charge in [-0.1, -0.05) is 0 Å². The number of sulfone groups is 1. The summed E-state index contributed by atoms with van der Waals surface area (Å²) in [5.41, 5.74) is 0. The van der Waals surface area contributed by atoms with Crippen molar-refractivity contribution in [3.8, 4) is 0 Å². The minimum Gasteiger partial charge on any atom is -0.392 e. The Hall–Kier alpha value is -0.820. The van der Waals surface area contributed by atoms with Gasteiger partial charge >= 0.3 is 6.03 Å². The lowest BCUT2D eigenvalue weighted by Crippen LogP contribution is -2.45. The van der Waals surface area contributed by atoms with Crippen LogP contribution in [0.3, 0.4) is 0 Å². The summed E-state index contributed by atoms with van der Waals surface area (Å²) in [4.78, 5) is 11.2. The van der Waals surface area contributed by atoms with Gasteiger partial charge in [0.05, 0.1) is 11.9 Å². The molecule has 88 valence electrons. The van der Waals surface area contributed by atoms with Crippen LogP contribution >= 0.6 is 0 Å². The van der Waals surface area contributed by atoms with Crippen molar-refractivity contribution in [3.05, 3.63) is 0 Å². The van der Waals surface area contributed by atoms with Gasteiger partial charge in [-0.15, -0.1) is 0 Å². The second-order valence-corrected chi connectivity index (χ2v) is 6.00. The number of carbonyl (C=O) groups excluding carboxylic acids is 1. The number of hydrogen-bond acceptors (Lipinski definition) is 4. The third kappa shape index (κ3) is 3.67. The summed E-state index contributed by atoms with van der Waals surface area (Å²) in [6, 6.07) is -0.550. The van der Waals surface area contributed by atoms with Crippen LogP contribution in [0.5, 0.6) is 0 Å². The van der Waals surface area contributed by atoms with Gasteiger partial charge in [-0.2, -0.15) is 0 Å². The zero-order valence-corrected chi connectivity index (χ0v) is 9.38. The molecule has 1 rings (SSSR count). The molecule has 7 heteroatoms. The van der Waals surface area contributed by atoms with Crippen molar-refractivity contribution >= 4 is 15.9 Å². The standard InChI is InChI=1S/C8H16N2O4S/c1-6(11)5-9-8(12)10-7-3-2-4-15(7,13)14/h6-7,11H,2-5H2,1H3,(H2,9,10,12). The molecule has 1 aliphatic heterocycles. The van der Waals surface area contributed by atoms with Crippen LogP contribution in [0.2, 0.25) is 0 Å². The van der Waals surface area contributed by atoms with Gasteiger partial charge in [0.2, 0.25) is 0 Å². The number of nitrogens with one attached hydrogen (secondary N) is 2. The smallest absolute Gasteiger partial charge is 0.315 e. The molecule has 2 unspecified atom stereocenters. The van der Waals surface area contributed by atoms with Crippen LogP contribution in [-0.4, -0.2) is 43.3 Å². The molecule has 1 heterocycles. The average molecular weight is 236 g/mol. The SMILES string of the molecule is CC(O)CNC(=O)NC1CCCS1(=O)=O.